The number of ketones is 1. The molecule has 0 saturated carbocycles. The SMILES string of the molecule is CC(=O)C(C(=O)O)c1c[nH]c2ccc(Br)c(Cl)c12. The molecule has 0 radical (unpaired) electrons. The minimum atomic E-state index is -1.20. The zero-order valence-corrected chi connectivity index (χ0v) is 11.7. The van der Waals surface area contributed by atoms with Crippen molar-refractivity contribution in [2.45, 2.75) is 12.8 Å². The van der Waals surface area contributed by atoms with Crippen LogP contribution in [0.25, 0.3) is 10.9 Å². The van der Waals surface area contributed by atoms with Gasteiger partial charge in [-0.1, -0.05) is 11.6 Å². The molecule has 18 heavy (non-hydrogen) atoms. The van der Waals surface area contributed by atoms with Gasteiger partial charge in [0.25, 0.3) is 0 Å². The van der Waals surface area contributed by atoms with Crippen LogP contribution in [0.1, 0.15) is 18.4 Å². The Morgan fingerprint density at radius 3 is 2.67 bits per heavy atom. The lowest BCUT2D eigenvalue weighted by molar-refractivity contribution is -0.142. The number of rotatable bonds is 3. The van der Waals surface area contributed by atoms with Gasteiger partial charge in [0.15, 0.2) is 0 Å². The van der Waals surface area contributed by atoms with Crippen LogP contribution in [0.4, 0.5) is 0 Å². The zero-order chi connectivity index (χ0) is 13.4. The summed E-state index contributed by atoms with van der Waals surface area (Å²) in [6.07, 6.45) is 1.52. The van der Waals surface area contributed by atoms with Gasteiger partial charge < -0.3 is 10.1 Å². The van der Waals surface area contributed by atoms with Gasteiger partial charge in [-0.15, -0.1) is 0 Å². The topological polar surface area (TPSA) is 70.2 Å². The maximum atomic E-state index is 11.5. The van der Waals surface area contributed by atoms with E-state index in [-0.39, 0.29) is 0 Å². The number of nitrogens with one attached hydrogen (secondary N) is 1. The molecule has 1 heterocycles. The summed E-state index contributed by atoms with van der Waals surface area (Å²) >= 11 is 9.44. The lowest BCUT2D eigenvalue weighted by atomic mass is 9.95. The summed E-state index contributed by atoms with van der Waals surface area (Å²) in [6.45, 7) is 1.25. The van der Waals surface area contributed by atoms with Crippen molar-refractivity contribution in [2.75, 3.05) is 0 Å². The predicted octanol–water partition coefficient (Wildman–Crippen LogP) is 3.34. The van der Waals surface area contributed by atoms with E-state index >= 15 is 0 Å². The lowest BCUT2D eigenvalue weighted by Crippen LogP contribution is -2.18. The number of aromatic amines is 1. The van der Waals surface area contributed by atoms with E-state index in [1.54, 1.807) is 12.1 Å². The molecule has 0 amide bonds. The van der Waals surface area contributed by atoms with Gasteiger partial charge in [-0.2, -0.15) is 0 Å². The normalized spacial score (nSPS) is 12.6. The molecular weight excluding hydrogens is 321 g/mol. The number of fused-ring (bicyclic) bond motifs is 1. The standard InChI is InChI=1S/C12H9BrClNO3/c1-5(16)9(12(17)18)6-4-15-8-3-2-7(13)11(14)10(6)8/h2-4,9,15H,1H3,(H,17,18). The van der Waals surface area contributed by atoms with Gasteiger partial charge in [0.1, 0.15) is 11.7 Å². The van der Waals surface area contributed by atoms with Crippen molar-refractivity contribution in [1.29, 1.82) is 0 Å². The van der Waals surface area contributed by atoms with Crippen LogP contribution in [-0.2, 0) is 9.59 Å². The van der Waals surface area contributed by atoms with Gasteiger partial charge in [0, 0.05) is 27.1 Å². The molecule has 2 N–H and O–H groups in total. The fourth-order valence-corrected chi connectivity index (χ4v) is 2.54. The number of hydrogen-bond acceptors (Lipinski definition) is 2. The lowest BCUT2D eigenvalue weighted by Gasteiger charge is -2.08. The summed E-state index contributed by atoms with van der Waals surface area (Å²) in [4.78, 5) is 25.6. The number of aromatic nitrogens is 1. The van der Waals surface area contributed by atoms with Crippen molar-refractivity contribution in [3.05, 3.63) is 33.4 Å². The number of carbonyl (C=O) groups is 2. The molecule has 1 atom stereocenters. The molecule has 0 spiro atoms. The van der Waals surface area contributed by atoms with Crippen LogP contribution < -0.4 is 0 Å². The summed E-state index contributed by atoms with van der Waals surface area (Å²) in [6, 6.07) is 3.53. The number of carboxylic acids is 1. The second kappa shape index (κ2) is 4.74. The second-order valence-electron chi connectivity index (χ2n) is 3.91. The molecular formula is C12H9BrClNO3. The second-order valence-corrected chi connectivity index (χ2v) is 5.14. The van der Waals surface area contributed by atoms with Gasteiger partial charge in [0.05, 0.1) is 5.02 Å². The Balaban J connectivity index is 2.75. The van der Waals surface area contributed by atoms with Crippen LogP contribution in [-0.4, -0.2) is 21.8 Å². The van der Waals surface area contributed by atoms with E-state index in [1.807, 2.05) is 0 Å². The highest BCUT2D eigenvalue weighted by Crippen LogP contribution is 2.36. The van der Waals surface area contributed by atoms with Crippen molar-refractivity contribution in [2.24, 2.45) is 0 Å². The van der Waals surface area contributed by atoms with Crippen molar-refractivity contribution < 1.29 is 14.7 Å². The van der Waals surface area contributed by atoms with Crippen LogP contribution in [0.5, 0.6) is 0 Å². The Hall–Kier alpha value is -1.33. The molecule has 0 aliphatic heterocycles. The fourth-order valence-electron chi connectivity index (χ4n) is 1.93. The molecule has 4 nitrogen and oxygen atoms in total. The highest BCUT2D eigenvalue weighted by atomic mass is 79.9. The molecule has 1 unspecified atom stereocenters. The van der Waals surface area contributed by atoms with Crippen LogP contribution in [0.15, 0.2) is 22.8 Å². The van der Waals surface area contributed by atoms with E-state index < -0.39 is 17.7 Å². The third-order valence-electron chi connectivity index (χ3n) is 2.73. The number of carbonyl (C=O) groups excluding carboxylic acids is 1. The van der Waals surface area contributed by atoms with Crippen LogP contribution in [0, 0.1) is 0 Å². The van der Waals surface area contributed by atoms with E-state index in [0.29, 0.717) is 26.0 Å². The van der Waals surface area contributed by atoms with E-state index in [0.717, 1.165) is 0 Å². The Kier molecular flexibility index (Phi) is 3.45. The summed E-state index contributed by atoms with van der Waals surface area (Å²) in [5.74, 6) is -2.82. The maximum Gasteiger partial charge on any atom is 0.318 e. The number of halogens is 2. The number of aliphatic carboxylic acids is 1. The monoisotopic (exact) mass is 329 g/mol. The molecule has 0 aliphatic rings. The Morgan fingerprint density at radius 2 is 2.11 bits per heavy atom. The summed E-state index contributed by atoms with van der Waals surface area (Å²) in [5.41, 5.74) is 1.09. The molecule has 1 aromatic heterocycles. The van der Waals surface area contributed by atoms with Crippen molar-refractivity contribution in [1.82, 2.24) is 4.98 Å². The first-order valence-electron chi connectivity index (χ1n) is 5.11. The van der Waals surface area contributed by atoms with Gasteiger partial charge in [-0.3, -0.25) is 9.59 Å². The fraction of sp³-hybridized carbons (Fsp3) is 0.167. The molecule has 0 bridgehead atoms. The average Bonchev–Trinajstić information content (AvgIpc) is 2.67. The molecule has 2 rings (SSSR count). The molecule has 1 aromatic carbocycles. The first-order valence-corrected chi connectivity index (χ1v) is 6.28. The molecule has 6 heteroatoms. The van der Waals surface area contributed by atoms with E-state index in [4.69, 9.17) is 16.7 Å². The first kappa shape index (κ1) is 13.1. The zero-order valence-electron chi connectivity index (χ0n) is 9.33. The number of H-pyrrole nitrogens is 1. The molecule has 0 saturated heterocycles. The molecule has 0 fully saturated rings. The molecule has 0 aliphatic carbocycles. The predicted molar refractivity (Wildman–Crippen MR) is 72.1 cm³/mol. The number of carboxylic acid groups (broad SMARTS) is 1. The first-order chi connectivity index (χ1) is 8.43. The molecule has 94 valence electrons. The van der Waals surface area contributed by atoms with Crippen molar-refractivity contribution in [3.63, 3.8) is 0 Å². The molecule has 2 aromatic rings. The average molecular weight is 331 g/mol. The number of hydrogen-bond donors (Lipinski definition) is 2. The van der Waals surface area contributed by atoms with Crippen LogP contribution in [0.3, 0.4) is 0 Å². The van der Waals surface area contributed by atoms with E-state index in [9.17, 15) is 9.59 Å². The minimum Gasteiger partial charge on any atom is -0.480 e. The maximum absolute atomic E-state index is 11.5. The van der Waals surface area contributed by atoms with Gasteiger partial charge >= 0.3 is 5.97 Å². The Bertz CT molecular complexity index is 636. The van der Waals surface area contributed by atoms with Crippen LogP contribution in [0.2, 0.25) is 5.02 Å². The van der Waals surface area contributed by atoms with Crippen molar-refractivity contribution in [3.8, 4) is 0 Å². The van der Waals surface area contributed by atoms with Gasteiger partial charge in [0.2, 0.25) is 0 Å². The number of Topliss-reactive ketones (excluding diaryl/α,β-unsaturated/α-hetero) is 1. The quantitative estimate of drug-likeness (QED) is 0.848. The highest BCUT2D eigenvalue weighted by Gasteiger charge is 2.28. The largest absolute Gasteiger partial charge is 0.480 e. The van der Waals surface area contributed by atoms with Gasteiger partial charge in [-0.05, 0) is 35.0 Å². The summed E-state index contributed by atoms with van der Waals surface area (Å²) < 4.78 is 0.658. The third-order valence-corrected chi connectivity index (χ3v) is 4.01. The Morgan fingerprint density at radius 1 is 1.44 bits per heavy atom. The smallest absolute Gasteiger partial charge is 0.318 e. The highest BCUT2D eigenvalue weighted by molar-refractivity contribution is 9.10. The summed E-state index contributed by atoms with van der Waals surface area (Å²) in [5, 5.41) is 10.1. The van der Waals surface area contributed by atoms with Crippen LogP contribution >= 0.6 is 27.5 Å². The van der Waals surface area contributed by atoms with Crippen molar-refractivity contribution >= 4 is 50.2 Å². The minimum absolute atomic E-state index is 0.385. The van der Waals surface area contributed by atoms with E-state index in [1.165, 1.54) is 13.1 Å². The number of benzene rings is 1. The van der Waals surface area contributed by atoms with E-state index in [2.05, 4.69) is 20.9 Å². The Labute approximate surface area is 116 Å². The van der Waals surface area contributed by atoms with Gasteiger partial charge in [-0.25, -0.2) is 0 Å². The third kappa shape index (κ3) is 2.04. The summed E-state index contributed by atoms with van der Waals surface area (Å²) in [7, 11) is 0.